The largest absolute Gasteiger partial charge is 0.494 e. The van der Waals surface area contributed by atoms with E-state index in [0.717, 1.165) is 36.3 Å². The van der Waals surface area contributed by atoms with Crippen LogP contribution in [0.3, 0.4) is 0 Å². The molecule has 0 aromatic heterocycles. The zero-order valence-electron chi connectivity index (χ0n) is 15.5. The van der Waals surface area contributed by atoms with Gasteiger partial charge in [0.1, 0.15) is 5.75 Å². The van der Waals surface area contributed by atoms with E-state index in [0.29, 0.717) is 18.7 Å². The molecule has 1 atom stereocenters. The van der Waals surface area contributed by atoms with Gasteiger partial charge in [0.25, 0.3) is 0 Å². The van der Waals surface area contributed by atoms with Gasteiger partial charge in [0.05, 0.1) is 12.6 Å². The number of likely N-dealkylation sites (tertiary alicyclic amines) is 1. The lowest BCUT2D eigenvalue weighted by Gasteiger charge is -2.25. The molecule has 1 fully saturated rings. The van der Waals surface area contributed by atoms with E-state index < -0.39 is 5.91 Å². The van der Waals surface area contributed by atoms with Crippen molar-refractivity contribution < 1.29 is 14.3 Å². The molecule has 0 radical (unpaired) electrons. The molecule has 3 rings (SSSR count). The first-order valence-electron chi connectivity index (χ1n) is 9.24. The van der Waals surface area contributed by atoms with Crippen molar-refractivity contribution in [1.29, 1.82) is 0 Å². The number of carbonyl (C=O) groups excluding carboxylic acids is 2. The number of carbonyl (C=O) groups is 2. The Morgan fingerprint density at radius 3 is 2.70 bits per heavy atom. The molecule has 142 valence electrons. The molecule has 2 aromatic rings. The second-order valence-corrected chi connectivity index (χ2v) is 6.58. The Labute approximate surface area is 159 Å². The van der Waals surface area contributed by atoms with E-state index in [-0.39, 0.29) is 12.1 Å². The van der Waals surface area contributed by atoms with E-state index in [2.05, 4.69) is 5.32 Å². The number of rotatable bonds is 6. The fourth-order valence-corrected chi connectivity index (χ4v) is 3.42. The molecule has 1 aliphatic rings. The van der Waals surface area contributed by atoms with E-state index in [9.17, 15) is 9.59 Å². The first-order valence-corrected chi connectivity index (χ1v) is 9.24. The number of hydrogen-bond donors (Lipinski definition) is 2. The van der Waals surface area contributed by atoms with Crippen molar-refractivity contribution in [1.82, 2.24) is 10.2 Å². The molecule has 6 heteroatoms. The lowest BCUT2D eigenvalue weighted by Crippen LogP contribution is -2.39. The van der Waals surface area contributed by atoms with Crippen molar-refractivity contribution in [2.45, 2.75) is 32.4 Å². The standard InChI is InChI=1S/C21H25N3O3/c1-2-27-18-10-8-16(9-11-18)19-7-4-12-24(19)21(26)23-14-15-5-3-6-17(13-15)20(22)25/h3,5-6,8-11,13,19H,2,4,7,12,14H2,1H3,(H2,22,25)(H,23,26). The molecule has 1 unspecified atom stereocenters. The predicted octanol–water partition coefficient (Wildman–Crippen LogP) is 3.23. The Balaban J connectivity index is 1.63. The monoisotopic (exact) mass is 367 g/mol. The maximum absolute atomic E-state index is 12.7. The average Bonchev–Trinajstić information content (AvgIpc) is 3.17. The second-order valence-electron chi connectivity index (χ2n) is 6.58. The highest BCUT2D eigenvalue weighted by molar-refractivity contribution is 5.92. The van der Waals surface area contributed by atoms with Crippen LogP contribution in [0.2, 0.25) is 0 Å². The summed E-state index contributed by atoms with van der Waals surface area (Å²) in [6, 6.07) is 14.9. The highest BCUT2D eigenvalue weighted by Crippen LogP contribution is 2.32. The van der Waals surface area contributed by atoms with Crippen LogP contribution in [-0.2, 0) is 6.54 Å². The molecule has 1 heterocycles. The van der Waals surface area contributed by atoms with Crippen molar-refractivity contribution in [3.8, 4) is 5.75 Å². The van der Waals surface area contributed by atoms with Gasteiger partial charge >= 0.3 is 6.03 Å². The van der Waals surface area contributed by atoms with Crippen LogP contribution >= 0.6 is 0 Å². The molecule has 2 aromatic carbocycles. The normalized spacial score (nSPS) is 16.2. The smallest absolute Gasteiger partial charge is 0.318 e. The summed E-state index contributed by atoms with van der Waals surface area (Å²) in [6.45, 7) is 3.67. The summed E-state index contributed by atoms with van der Waals surface area (Å²) in [7, 11) is 0. The fourth-order valence-electron chi connectivity index (χ4n) is 3.42. The number of primary amides is 1. The Hall–Kier alpha value is -3.02. The third kappa shape index (κ3) is 4.58. The van der Waals surface area contributed by atoms with Gasteiger partial charge in [0, 0.05) is 18.7 Å². The minimum absolute atomic E-state index is 0.0673. The maximum atomic E-state index is 12.7. The topological polar surface area (TPSA) is 84.7 Å². The second kappa shape index (κ2) is 8.58. The van der Waals surface area contributed by atoms with E-state index >= 15 is 0 Å². The number of benzene rings is 2. The van der Waals surface area contributed by atoms with Crippen molar-refractivity contribution in [2.75, 3.05) is 13.2 Å². The van der Waals surface area contributed by atoms with Crippen LogP contribution in [0.25, 0.3) is 0 Å². The fraction of sp³-hybridized carbons (Fsp3) is 0.333. The van der Waals surface area contributed by atoms with E-state index in [4.69, 9.17) is 10.5 Å². The average molecular weight is 367 g/mol. The number of nitrogens with zero attached hydrogens (tertiary/aromatic N) is 1. The maximum Gasteiger partial charge on any atom is 0.318 e. The number of ether oxygens (including phenoxy) is 1. The van der Waals surface area contributed by atoms with Gasteiger partial charge in [0.2, 0.25) is 5.91 Å². The summed E-state index contributed by atoms with van der Waals surface area (Å²) in [5.74, 6) is 0.364. The summed E-state index contributed by atoms with van der Waals surface area (Å²) in [5.41, 5.74) is 7.70. The van der Waals surface area contributed by atoms with Crippen LogP contribution in [-0.4, -0.2) is 30.0 Å². The molecule has 3 amide bonds. The molecule has 1 aliphatic heterocycles. The van der Waals surface area contributed by atoms with Gasteiger partial charge in [0.15, 0.2) is 0 Å². The molecule has 1 saturated heterocycles. The van der Waals surface area contributed by atoms with Gasteiger partial charge in [-0.3, -0.25) is 4.79 Å². The SMILES string of the molecule is CCOc1ccc(C2CCCN2C(=O)NCc2cccc(C(N)=O)c2)cc1. The van der Waals surface area contributed by atoms with Crippen molar-refractivity contribution >= 4 is 11.9 Å². The third-order valence-corrected chi connectivity index (χ3v) is 4.74. The third-order valence-electron chi connectivity index (χ3n) is 4.74. The molecule has 27 heavy (non-hydrogen) atoms. The van der Waals surface area contributed by atoms with Crippen molar-refractivity contribution in [3.63, 3.8) is 0 Å². The lowest BCUT2D eigenvalue weighted by molar-refractivity contribution is 0.1000. The molecule has 0 aliphatic carbocycles. The molecular weight excluding hydrogens is 342 g/mol. The van der Waals surface area contributed by atoms with Crippen LogP contribution in [0.5, 0.6) is 5.75 Å². The summed E-state index contributed by atoms with van der Waals surface area (Å²) in [6.07, 6.45) is 1.92. The Morgan fingerprint density at radius 2 is 2.00 bits per heavy atom. The van der Waals surface area contributed by atoms with E-state index in [1.165, 1.54) is 0 Å². The molecule has 6 nitrogen and oxygen atoms in total. The van der Waals surface area contributed by atoms with Crippen LogP contribution in [0, 0.1) is 0 Å². The Kier molecular flexibility index (Phi) is 5.96. The number of amides is 3. The van der Waals surface area contributed by atoms with Gasteiger partial charge in [-0.1, -0.05) is 24.3 Å². The number of urea groups is 1. The van der Waals surface area contributed by atoms with Gasteiger partial charge in [-0.05, 0) is 55.2 Å². The first-order chi connectivity index (χ1) is 13.1. The molecule has 3 N–H and O–H groups in total. The molecule has 0 spiro atoms. The summed E-state index contributed by atoms with van der Waals surface area (Å²) in [4.78, 5) is 25.8. The lowest BCUT2D eigenvalue weighted by atomic mass is 10.0. The van der Waals surface area contributed by atoms with Gasteiger partial charge in [-0.15, -0.1) is 0 Å². The van der Waals surface area contributed by atoms with Crippen molar-refractivity contribution in [3.05, 3.63) is 65.2 Å². The zero-order chi connectivity index (χ0) is 19.2. The Bertz CT molecular complexity index is 805. The number of nitrogens with one attached hydrogen (secondary N) is 1. The van der Waals surface area contributed by atoms with Gasteiger partial charge in [-0.2, -0.15) is 0 Å². The van der Waals surface area contributed by atoms with Gasteiger partial charge < -0.3 is 20.7 Å². The number of hydrogen-bond acceptors (Lipinski definition) is 3. The first kappa shape index (κ1) is 18.8. The highest BCUT2D eigenvalue weighted by atomic mass is 16.5. The summed E-state index contributed by atoms with van der Waals surface area (Å²) >= 11 is 0. The van der Waals surface area contributed by atoms with Crippen LogP contribution in [0.15, 0.2) is 48.5 Å². The van der Waals surface area contributed by atoms with E-state index in [1.54, 1.807) is 18.2 Å². The zero-order valence-corrected chi connectivity index (χ0v) is 15.5. The van der Waals surface area contributed by atoms with Crippen LogP contribution < -0.4 is 15.8 Å². The predicted molar refractivity (Wildman–Crippen MR) is 103 cm³/mol. The van der Waals surface area contributed by atoms with Crippen molar-refractivity contribution in [2.24, 2.45) is 5.73 Å². The minimum atomic E-state index is -0.474. The quantitative estimate of drug-likeness (QED) is 0.822. The van der Waals surface area contributed by atoms with Crippen LogP contribution in [0.1, 0.15) is 47.3 Å². The van der Waals surface area contributed by atoms with Crippen LogP contribution in [0.4, 0.5) is 4.79 Å². The van der Waals surface area contributed by atoms with Gasteiger partial charge in [-0.25, -0.2) is 4.79 Å². The summed E-state index contributed by atoms with van der Waals surface area (Å²) in [5, 5.41) is 2.95. The highest BCUT2D eigenvalue weighted by Gasteiger charge is 2.29. The summed E-state index contributed by atoms with van der Waals surface area (Å²) < 4.78 is 5.49. The molecular formula is C21H25N3O3. The molecule has 0 saturated carbocycles. The Morgan fingerprint density at radius 1 is 1.22 bits per heavy atom. The van der Waals surface area contributed by atoms with E-state index in [1.807, 2.05) is 42.2 Å². The molecule has 0 bridgehead atoms. The number of nitrogens with two attached hydrogens (primary N) is 1. The minimum Gasteiger partial charge on any atom is -0.494 e.